The lowest BCUT2D eigenvalue weighted by Crippen LogP contribution is -2.34. The van der Waals surface area contributed by atoms with Crippen molar-refractivity contribution in [1.29, 1.82) is 0 Å². The summed E-state index contributed by atoms with van der Waals surface area (Å²) in [7, 11) is 0. The number of carbonyl (C=O) groups is 2. The average molecular weight is 533 g/mol. The largest absolute Gasteiger partial charge is 0.462 e. The molecule has 208 valence electrons. The number of amides is 1. The molecule has 0 atom stereocenters. The lowest BCUT2D eigenvalue weighted by molar-refractivity contribution is 0.0294. The first kappa shape index (κ1) is 30.8. The summed E-state index contributed by atoms with van der Waals surface area (Å²) >= 11 is 0. The molecule has 0 unspecified atom stereocenters. The minimum absolute atomic E-state index is 0.0311. The summed E-state index contributed by atoms with van der Waals surface area (Å²) in [5, 5.41) is -0.0656. The van der Waals surface area contributed by atoms with Crippen molar-refractivity contribution in [2.45, 2.75) is 85.8 Å². The zero-order valence-electron chi connectivity index (χ0n) is 23.4. The van der Waals surface area contributed by atoms with Gasteiger partial charge in [-0.3, -0.25) is 4.79 Å². The summed E-state index contributed by atoms with van der Waals surface area (Å²) in [6.07, 6.45) is 5.09. The second-order valence-corrected chi connectivity index (χ2v) is 9.72. The van der Waals surface area contributed by atoms with E-state index >= 15 is 0 Å². The molecule has 0 bridgehead atoms. The highest BCUT2D eigenvalue weighted by molar-refractivity contribution is 5.95. The van der Waals surface area contributed by atoms with Crippen LogP contribution in [0.15, 0.2) is 17.1 Å². The number of ether oxygens (including phenoxy) is 2. The molecule has 0 N–H and O–H groups in total. The third-order valence-electron chi connectivity index (χ3n) is 5.65. The molecule has 7 nitrogen and oxygen atoms in total. The van der Waals surface area contributed by atoms with Crippen LogP contribution in [0.3, 0.4) is 0 Å². The molecule has 1 saturated heterocycles. The van der Waals surface area contributed by atoms with Crippen LogP contribution in [0.1, 0.15) is 96.1 Å². The van der Waals surface area contributed by atoms with Crippen molar-refractivity contribution < 1.29 is 27.8 Å². The maximum atomic E-state index is 14.2. The lowest BCUT2D eigenvalue weighted by atomic mass is 10.1. The second-order valence-electron chi connectivity index (χ2n) is 9.72. The Morgan fingerprint density at radius 1 is 1.13 bits per heavy atom. The zero-order valence-corrected chi connectivity index (χ0v) is 23.4. The molecule has 1 aliphatic heterocycles. The van der Waals surface area contributed by atoms with Gasteiger partial charge in [0.25, 0.3) is 0 Å². The van der Waals surface area contributed by atoms with Crippen LogP contribution >= 0.6 is 0 Å². The number of halogens is 2. The standard InChI is InChI=1S/C18H15F2NO3.C9H17NO2.C2H6/c1-3-5-11-15(20)14(19)8-12-16(11)21(10-6-7-10)9-13(17(12)22)18(23)24-4-2;1-9(2,3)12-8(11)10-6-4-5-7-10;1-2/h8-10H,4,6-7H2,1-2H3;4-7H2,1-3H3;1-2H3. The van der Waals surface area contributed by atoms with E-state index in [-0.39, 0.29) is 46.4 Å². The van der Waals surface area contributed by atoms with E-state index in [1.165, 1.54) is 13.1 Å². The minimum Gasteiger partial charge on any atom is -0.462 e. The van der Waals surface area contributed by atoms with Crippen molar-refractivity contribution in [3.05, 3.63) is 45.2 Å². The Kier molecular flexibility index (Phi) is 10.9. The fraction of sp³-hybridized carbons (Fsp3) is 0.552. The van der Waals surface area contributed by atoms with Gasteiger partial charge < -0.3 is 18.9 Å². The van der Waals surface area contributed by atoms with E-state index < -0.39 is 23.0 Å². The number of fused-ring (bicyclic) bond motifs is 1. The molecule has 9 heteroatoms. The highest BCUT2D eigenvalue weighted by Crippen LogP contribution is 2.38. The number of hydrogen-bond acceptors (Lipinski definition) is 5. The molecule has 1 saturated carbocycles. The topological polar surface area (TPSA) is 77.8 Å². The van der Waals surface area contributed by atoms with Crippen molar-refractivity contribution in [1.82, 2.24) is 9.47 Å². The number of esters is 1. The van der Waals surface area contributed by atoms with Gasteiger partial charge in [0.05, 0.1) is 23.1 Å². The van der Waals surface area contributed by atoms with Gasteiger partial charge in [-0.1, -0.05) is 19.8 Å². The van der Waals surface area contributed by atoms with E-state index in [9.17, 15) is 23.2 Å². The smallest absolute Gasteiger partial charge is 0.410 e. The van der Waals surface area contributed by atoms with E-state index in [4.69, 9.17) is 9.47 Å². The van der Waals surface area contributed by atoms with Gasteiger partial charge in [-0.25, -0.2) is 18.4 Å². The third-order valence-corrected chi connectivity index (χ3v) is 5.65. The van der Waals surface area contributed by atoms with Gasteiger partial charge in [-0.15, -0.1) is 5.92 Å². The molecule has 2 heterocycles. The predicted molar refractivity (Wildman–Crippen MR) is 143 cm³/mol. The fourth-order valence-electron chi connectivity index (χ4n) is 3.93. The number of hydrogen-bond donors (Lipinski definition) is 0. The molecule has 0 radical (unpaired) electrons. The van der Waals surface area contributed by atoms with Crippen molar-refractivity contribution >= 4 is 23.0 Å². The Hall–Kier alpha value is -3.41. The average Bonchev–Trinajstić information content (AvgIpc) is 3.55. The van der Waals surface area contributed by atoms with Crippen molar-refractivity contribution in [3.8, 4) is 11.8 Å². The SMILES string of the molecule is CC.CC#Cc1c(F)c(F)cc2c(=O)c(C(=O)OCC)cn(C3CC3)c12.CC(C)(C)OC(=O)N1CCCC1. The lowest BCUT2D eigenvalue weighted by Gasteiger charge is -2.23. The van der Waals surface area contributed by atoms with Gasteiger partial charge in [-0.2, -0.15) is 0 Å². The molecule has 2 fully saturated rings. The third kappa shape index (κ3) is 7.56. The highest BCUT2D eigenvalue weighted by atomic mass is 19.2. The molecule has 4 rings (SSSR count). The molecule has 2 aromatic rings. The van der Waals surface area contributed by atoms with Gasteiger partial charge in [0.1, 0.15) is 11.2 Å². The van der Waals surface area contributed by atoms with E-state index in [1.54, 1.807) is 16.4 Å². The van der Waals surface area contributed by atoms with Gasteiger partial charge in [0.2, 0.25) is 5.43 Å². The molecule has 0 spiro atoms. The number of pyridine rings is 1. The number of carbonyl (C=O) groups excluding carboxylic acids is 2. The summed E-state index contributed by atoms with van der Waals surface area (Å²) in [4.78, 5) is 37.8. The molecule has 1 aromatic heterocycles. The van der Waals surface area contributed by atoms with Gasteiger partial charge in [0.15, 0.2) is 11.6 Å². The summed E-state index contributed by atoms with van der Waals surface area (Å²) in [5.74, 6) is 2.06. The van der Waals surface area contributed by atoms with E-state index in [0.717, 1.165) is 44.8 Å². The monoisotopic (exact) mass is 532 g/mol. The molecular formula is C29H38F2N2O5. The number of benzene rings is 1. The Morgan fingerprint density at radius 3 is 2.24 bits per heavy atom. The van der Waals surface area contributed by atoms with E-state index in [0.29, 0.717) is 0 Å². The normalized spacial score (nSPS) is 14.4. The maximum Gasteiger partial charge on any atom is 0.410 e. The first-order valence-corrected chi connectivity index (χ1v) is 13.1. The number of nitrogens with zero attached hydrogens (tertiary/aromatic N) is 2. The molecule has 1 aliphatic carbocycles. The first-order valence-electron chi connectivity index (χ1n) is 13.1. The fourth-order valence-corrected chi connectivity index (χ4v) is 3.93. The molecule has 2 aliphatic rings. The Balaban J connectivity index is 0.000000305. The van der Waals surface area contributed by atoms with Gasteiger partial charge in [-0.05, 0) is 66.4 Å². The predicted octanol–water partition coefficient (Wildman–Crippen LogP) is 6.21. The summed E-state index contributed by atoms with van der Waals surface area (Å²) < 4.78 is 39.9. The quantitative estimate of drug-likeness (QED) is 0.347. The van der Waals surface area contributed by atoms with Crippen LogP contribution in [-0.4, -0.2) is 46.8 Å². The van der Waals surface area contributed by atoms with Crippen LogP contribution in [-0.2, 0) is 9.47 Å². The van der Waals surface area contributed by atoms with Crippen LogP contribution in [0.4, 0.5) is 13.6 Å². The van der Waals surface area contributed by atoms with E-state index in [1.807, 2.05) is 34.6 Å². The van der Waals surface area contributed by atoms with Gasteiger partial charge >= 0.3 is 12.1 Å². The highest BCUT2D eigenvalue weighted by Gasteiger charge is 2.30. The Labute approximate surface area is 223 Å². The minimum atomic E-state index is -1.17. The first-order chi connectivity index (χ1) is 18.0. The molecule has 38 heavy (non-hydrogen) atoms. The van der Waals surface area contributed by atoms with Crippen LogP contribution in [0.5, 0.6) is 0 Å². The van der Waals surface area contributed by atoms with Crippen molar-refractivity contribution in [2.24, 2.45) is 0 Å². The number of aromatic nitrogens is 1. The zero-order chi connectivity index (χ0) is 28.6. The number of likely N-dealkylation sites (tertiary alicyclic amines) is 1. The van der Waals surface area contributed by atoms with Crippen molar-refractivity contribution in [3.63, 3.8) is 0 Å². The molecular weight excluding hydrogens is 494 g/mol. The second kappa shape index (κ2) is 13.4. The Morgan fingerprint density at radius 2 is 1.74 bits per heavy atom. The summed E-state index contributed by atoms with van der Waals surface area (Å²) in [6.45, 7) is 14.6. The van der Waals surface area contributed by atoms with E-state index in [2.05, 4.69) is 11.8 Å². The maximum absolute atomic E-state index is 14.2. The summed E-state index contributed by atoms with van der Waals surface area (Å²) in [5.41, 5.74) is -1.16. The van der Waals surface area contributed by atoms with Crippen molar-refractivity contribution in [2.75, 3.05) is 19.7 Å². The van der Waals surface area contributed by atoms with Crippen LogP contribution in [0, 0.1) is 23.5 Å². The van der Waals surface area contributed by atoms with Crippen LogP contribution < -0.4 is 5.43 Å². The Bertz CT molecular complexity index is 1270. The molecule has 1 aromatic carbocycles. The number of rotatable bonds is 3. The summed E-state index contributed by atoms with van der Waals surface area (Å²) in [6, 6.07) is 0.860. The van der Waals surface area contributed by atoms with Crippen LogP contribution in [0.25, 0.3) is 10.9 Å². The van der Waals surface area contributed by atoms with Gasteiger partial charge in [0, 0.05) is 25.3 Å². The van der Waals surface area contributed by atoms with Crippen LogP contribution in [0.2, 0.25) is 0 Å². The molecule has 1 amide bonds.